The van der Waals surface area contributed by atoms with Crippen molar-refractivity contribution in [1.82, 2.24) is 19.9 Å². The fourth-order valence-electron chi connectivity index (χ4n) is 5.05. The Morgan fingerprint density at radius 3 is 1.36 bits per heavy atom. The number of hydrogen-bond acceptors (Lipinski definition) is 4. The lowest BCUT2D eigenvalue weighted by Crippen LogP contribution is -1.95. The van der Waals surface area contributed by atoms with Crippen LogP contribution in [0, 0.1) is 0 Å². The molecule has 0 atom stereocenters. The molecule has 0 radical (unpaired) electrons. The molecule has 4 heteroatoms. The number of pyridine rings is 2. The third kappa shape index (κ3) is 5.34. The SMILES string of the molecule is c1ccc(-c2cc(-c3ccc(-c4ccc(-c5ccnc(-c6ccncc6)c5)cc4)cc3)nc(-c3ccccc3)n2)cc1. The zero-order valence-corrected chi connectivity index (χ0v) is 22.8. The van der Waals surface area contributed by atoms with Crippen molar-refractivity contribution in [1.29, 1.82) is 0 Å². The molecular weight excluding hydrogens is 512 g/mol. The van der Waals surface area contributed by atoms with Crippen LogP contribution in [0.3, 0.4) is 0 Å². The van der Waals surface area contributed by atoms with Gasteiger partial charge in [-0.2, -0.15) is 0 Å². The van der Waals surface area contributed by atoms with Crippen LogP contribution < -0.4 is 0 Å². The van der Waals surface area contributed by atoms with Gasteiger partial charge in [0.1, 0.15) is 0 Å². The van der Waals surface area contributed by atoms with Crippen LogP contribution in [0.25, 0.3) is 67.4 Å². The van der Waals surface area contributed by atoms with Crippen LogP contribution in [-0.4, -0.2) is 19.9 Å². The van der Waals surface area contributed by atoms with E-state index in [-0.39, 0.29) is 0 Å². The van der Waals surface area contributed by atoms with E-state index < -0.39 is 0 Å². The van der Waals surface area contributed by atoms with Crippen LogP contribution in [-0.2, 0) is 0 Å². The molecule has 0 saturated carbocycles. The van der Waals surface area contributed by atoms with E-state index in [1.54, 1.807) is 12.4 Å². The maximum absolute atomic E-state index is 4.96. The first kappa shape index (κ1) is 25.2. The molecule has 0 amide bonds. The van der Waals surface area contributed by atoms with Crippen molar-refractivity contribution in [2.24, 2.45) is 0 Å². The predicted octanol–water partition coefficient (Wildman–Crippen LogP) is 9.27. The molecule has 3 heterocycles. The van der Waals surface area contributed by atoms with Crippen molar-refractivity contribution in [3.8, 4) is 67.4 Å². The zero-order valence-electron chi connectivity index (χ0n) is 22.8. The van der Waals surface area contributed by atoms with Crippen molar-refractivity contribution in [3.05, 3.63) is 158 Å². The molecule has 7 aromatic rings. The fraction of sp³-hybridized carbons (Fsp3) is 0. The van der Waals surface area contributed by atoms with E-state index >= 15 is 0 Å². The normalized spacial score (nSPS) is 10.9. The van der Waals surface area contributed by atoms with E-state index in [0.29, 0.717) is 0 Å². The summed E-state index contributed by atoms with van der Waals surface area (Å²) in [7, 11) is 0. The molecule has 4 nitrogen and oxygen atoms in total. The van der Waals surface area contributed by atoms with Gasteiger partial charge in [0, 0.05) is 40.8 Å². The van der Waals surface area contributed by atoms with E-state index in [1.807, 2.05) is 72.9 Å². The minimum Gasteiger partial charge on any atom is -0.265 e. The highest BCUT2D eigenvalue weighted by Gasteiger charge is 2.11. The quantitative estimate of drug-likeness (QED) is 0.212. The Bertz CT molecular complexity index is 1880. The number of hydrogen-bond donors (Lipinski definition) is 0. The molecular formula is C38H26N4. The lowest BCUT2D eigenvalue weighted by molar-refractivity contribution is 1.18. The average Bonchev–Trinajstić information content (AvgIpc) is 3.09. The van der Waals surface area contributed by atoms with Crippen molar-refractivity contribution < 1.29 is 0 Å². The maximum Gasteiger partial charge on any atom is 0.160 e. The van der Waals surface area contributed by atoms with Gasteiger partial charge in [0.25, 0.3) is 0 Å². The van der Waals surface area contributed by atoms with Crippen LogP contribution in [0.1, 0.15) is 0 Å². The van der Waals surface area contributed by atoms with E-state index in [4.69, 9.17) is 9.97 Å². The molecule has 0 saturated heterocycles. The fourth-order valence-corrected chi connectivity index (χ4v) is 5.05. The third-order valence-electron chi connectivity index (χ3n) is 7.30. The molecule has 0 fully saturated rings. The highest BCUT2D eigenvalue weighted by molar-refractivity contribution is 5.76. The second kappa shape index (κ2) is 11.4. The van der Waals surface area contributed by atoms with E-state index in [0.717, 1.165) is 67.4 Å². The first-order valence-corrected chi connectivity index (χ1v) is 13.9. The summed E-state index contributed by atoms with van der Waals surface area (Å²) in [6, 6.07) is 47.8. The Balaban J connectivity index is 1.18. The maximum atomic E-state index is 4.96. The van der Waals surface area contributed by atoms with Crippen LogP contribution in [0.5, 0.6) is 0 Å². The Hall–Kier alpha value is -5.74. The van der Waals surface area contributed by atoms with Gasteiger partial charge in [-0.05, 0) is 52.6 Å². The molecule has 0 bridgehead atoms. The first-order valence-electron chi connectivity index (χ1n) is 13.9. The number of benzene rings is 4. The van der Waals surface area contributed by atoms with Crippen LogP contribution in [0.4, 0.5) is 0 Å². The highest BCUT2D eigenvalue weighted by atomic mass is 14.9. The average molecular weight is 539 g/mol. The minimum absolute atomic E-state index is 0.717. The molecule has 0 aliphatic rings. The largest absolute Gasteiger partial charge is 0.265 e. The predicted molar refractivity (Wildman–Crippen MR) is 170 cm³/mol. The van der Waals surface area contributed by atoms with Gasteiger partial charge in [0.05, 0.1) is 17.1 Å². The lowest BCUT2D eigenvalue weighted by atomic mass is 9.98. The Morgan fingerprint density at radius 1 is 0.310 bits per heavy atom. The standard InChI is InChI=1S/C38H26N4/c1-3-7-30(8-4-1)36-26-37(42-38(41-36)33-9-5-2-6-10-33)31-17-15-28(16-18-31)27-11-13-29(14-12-27)34-21-24-40-35(25-34)32-19-22-39-23-20-32/h1-26H. The van der Waals surface area contributed by atoms with Gasteiger partial charge in [0.15, 0.2) is 5.82 Å². The topological polar surface area (TPSA) is 51.6 Å². The van der Waals surface area contributed by atoms with Gasteiger partial charge in [-0.1, -0.05) is 109 Å². The first-order chi connectivity index (χ1) is 20.8. The summed E-state index contributed by atoms with van der Waals surface area (Å²) in [4.78, 5) is 18.5. The number of rotatable bonds is 6. The Morgan fingerprint density at radius 2 is 0.762 bits per heavy atom. The van der Waals surface area contributed by atoms with Crippen LogP contribution >= 0.6 is 0 Å². The molecule has 0 spiro atoms. The van der Waals surface area contributed by atoms with Crippen molar-refractivity contribution >= 4 is 0 Å². The van der Waals surface area contributed by atoms with E-state index in [1.165, 1.54) is 0 Å². The van der Waals surface area contributed by atoms with Gasteiger partial charge < -0.3 is 0 Å². The van der Waals surface area contributed by atoms with Gasteiger partial charge in [-0.3, -0.25) is 9.97 Å². The van der Waals surface area contributed by atoms with Gasteiger partial charge >= 0.3 is 0 Å². The molecule has 0 aliphatic heterocycles. The summed E-state index contributed by atoms with van der Waals surface area (Å²) in [5.74, 6) is 0.717. The summed E-state index contributed by atoms with van der Waals surface area (Å²) in [5, 5.41) is 0. The highest BCUT2D eigenvalue weighted by Crippen LogP contribution is 2.31. The molecule has 7 rings (SSSR count). The third-order valence-corrected chi connectivity index (χ3v) is 7.30. The minimum atomic E-state index is 0.717. The molecule has 3 aromatic heterocycles. The Labute approximate surface area is 245 Å². The number of nitrogens with zero attached hydrogens (tertiary/aromatic N) is 4. The van der Waals surface area contributed by atoms with Gasteiger partial charge in [-0.25, -0.2) is 9.97 Å². The van der Waals surface area contributed by atoms with Crippen molar-refractivity contribution in [2.75, 3.05) is 0 Å². The van der Waals surface area contributed by atoms with Crippen molar-refractivity contribution in [3.63, 3.8) is 0 Å². The van der Waals surface area contributed by atoms with Crippen molar-refractivity contribution in [2.45, 2.75) is 0 Å². The lowest BCUT2D eigenvalue weighted by Gasteiger charge is -2.10. The van der Waals surface area contributed by atoms with Gasteiger partial charge in [-0.15, -0.1) is 0 Å². The summed E-state index contributed by atoms with van der Waals surface area (Å²) in [6.07, 6.45) is 5.44. The van der Waals surface area contributed by atoms with E-state index in [9.17, 15) is 0 Å². The molecule has 42 heavy (non-hydrogen) atoms. The summed E-state index contributed by atoms with van der Waals surface area (Å²) >= 11 is 0. The summed E-state index contributed by atoms with van der Waals surface area (Å²) in [5.41, 5.74) is 11.5. The zero-order chi connectivity index (χ0) is 28.1. The second-order valence-corrected chi connectivity index (χ2v) is 10.0. The van der Waals surface area contributed by atoms with Crippen LogP contribution in [0.15, 0.2) is 158 Å². The summed E-state index contributed by atoms with van der Waals surface area (Å²) < 4.78 is 0. The monoisotopic (exact) mass is 538 g/mol. The number of aromatic nitrogens is 4. The molecule has 198 valence electrons. The Kier molecular flexibility index (Phi) is 6.85. The molecule has 0 unspecified atom stereocenters. The molecule has 4 aromatic carbocycles. The summed E-state index contributed by atoms with van der Waals surface area (Å²) in [6.45, 7) is 0. The van der Waals surface area contributed by atoms with Gasteiger partial charge in [0.2, 0.25) is 0 Å². The molecule has 0 aliphatic carbocycles. The molecule has 0 N–H and O–H groups in total. The smallest absolute Gasteiger partial charge is 0.160 e. The van der Waals surface area contributed by atoms with E-state index in [2.05, 4.69) is 82.8 Å². The van der Waals surface area contributed by atoms with Crippen LogP contribution in [0.2, 0.25) is 0 Å². The second-order valence-electron chi connectivity index (χ2n) is 10.0.